The van der Waals surface area contributed by atoms with E-state index in [-0.39, 0.29) is 17.6 Å². The Morgan fingerprint density at radius 1 is 0.879 bits per heavy atom. The number of para-hydroxylation sites is 1. The molecule has 0 bridgehead atoms. The maximum atomic E-state index is 13.4. The smallest absolute Gasteiger partial charge is 0.256 e. The van der Waals surface area contributed by atoms with Crippen LogP contribution >= 0.6 is 11.3 Å². The monoisotopic (exact) mass is 456 g/mol. The molecule has 0 atom stereocenters. The molecule has 3 aromatic carbocycles. The van der Waals surface area contributed by atoms with Gasteiger partial charge in [0, 0.05) is 23.6 Å². The van der Waals surface area contributed by atoms with Gasteiger partial charge in [-0.15, -0.1) is 0 Å². The van der Waals surface area contributed by atoms with Gasteiger partial charge < -0.3 is 10.6 Å². The molecule has 2 aromatic heterocycles. The summed E-state index contributed by atoms with van der Waals surface area (Å²) >= 11 is 1.36. The van der Waals surface area contributed by atoms with Crippen molar-refractivity contribution >= 4 is 55.1 Å². The van der Waals surface area contributed by atoms with Gasteiger partial charge in [0.05, 0.1) is 27.0 Å². The first kappa shape index (κ1) is 20.7. The van der Waals surface area contributed by atoms with Crippen molar-refractivity contribution in [3.05, 3.63) is 84.2 Å². The molecule has 0 radical (unpaired) electrons. The first-order chi connectivity index (χ1) is 16.0. The van der Waals surface area contributed by atoms with Gasteiger partial charge in [-0.3, -0.25) is 9.59 Å². The first-order valence-electron chi connectivity index (χ1n) is 10.1. The number of hydrogen-bond donors (Lipinski definition) is 2. The number of fused-ring (bicyclic) bond motifs is 2. The Balaban J connectivity index is 1.51. The first-order valence-corrected chi connectivity index (χ1v) is 10.9. The van der Waals surface area contributed by atoms with Crippen LogP contribution < -0.4 is 10.6 Å². The third-order valence-electron chi connectivity index (χ3n) is 5.03. The molecule has 5 aromatic rings. The quantitative estimate of drug-likeness (QED) is 0.355. The fourth-order valence-corrected chi connectivity index (χ4v) is 4.43. The Labute approximate surface area is 192 Å². The number of anilines is 2. The molecule has 2 amide bonds. The Bertz CT molecular complexity index is 1530. The average Bonchev–Trinajstić information content (AvgIpc) is 3.19. The predicted molar refractivity (Wildman–Crippen MR) is 129 cm³/mol. The number of nitrogens with one attached hydrogen (secondary N) is 2. The molecule has 8 heteroatoms. The SMILES string of the molecule is CC(=O)Nc1nc2cc(NC(=O)c3cc(-c4ccc(F)cc4)nc4ccccc34)ccc2s1. The number of pyridine rings is 1. The molecule has 0 aliphatic rings. The van der Waals surface area contributed by atoms with Crippen LogP contribution in [0.2, 0.25) is 0 Å². The van der Waals surface area contributed by atoms with Gasteiger partial charge >= 0.3 is 0 Å². The van der Waals surface area contributed by atoms with Crippen molar-refractivity contribution < 1.29 is 14.0 Å². The topological polar surface area (TPSA) is 84.0 Å². The lowest BCUT2D eigenvalue weighted by Crippen LogP contribution is -2.13. The lowest BCUT2D eigenvalue weighted by Gasteiger charge is -2.11. The number of hydrogen-bond acceptors (Lipinski definition) is 5. The molecule has 0 aliphatic carbocycles. The molecule has 0 fully saturated rings. The van der Waals surface area contributed by atoms with Crippen molar-refractivity contribution in [1.82, 2.24) is 9.97 Å². The highest BCUT2D eigenvalue weighted by Crippen LogP contribution is 2.29. The molecular formula is C25H17FN4O2S. The van der Waals surface area contributed by atoms with Gasteiger partial charge in [-0.1, -0.05) is 29.5 Å². The summed E-state index contributed by atoms with van der Waals surface area (Å²) in [4.78, 5) is 33.6. The van der Waals surface area contributed by atoms with Crippen LogP contribution in [0.3, 0.4) is 0 Å². The summed E-state index contributed by atoms with van der Waals surface area (Å²) in [5, 5.41) is 6.82. The van der Waals surface area contributed by atoms with Gasteiger partial charge in [0.2, 0.25) is 5.91 Å². The molecule has 162 valence electrons. The number of aromatic nitrogens is 2. The van der Waals surface area contributed by atoms with Crippen LogP contribution in [-0.2, 0) is 4.79 Å². The number of carbonyl (C=O) groups is 2. The van der Waals surface area contributed by atoms with E-state index in [1.165, 1.54) is 30.4 Å². The van der Waals surface area contributed by atoms with Gasteiger partial charge in [-0.25, -0.2) is 14.4 Å². The highest BCUT2D eigenvalue weighted by atomic mass is 32.1. The van der Waals surface area contributed by atoms with Crippen molar-refractivity contribution in [3.63, 3.8) is 0 Å². The van der Waals surface area contributed by atoms with E-state index < -0.39 is 0 Å². The Morgan fingerprint density at radius 2 is 1.67 bits per heavy atom. The minimum atomic E-state index is -0.336. The van der Waals surface area contributed by atoms with E-state index in [4.69, 9.17) is 0 Å². The summed E-state index contributed by atoms with van der Waals surface area (Å²) in [5.41, 5.74) is 3.67. The molecule has 5 rings (SSSR count). The fourth-order valence-electron chi connectivity index (χ4n) is 3.54. The van der Waals surface area contributed by atoms with Crippen LogP contribution in [0.4, 0.5) is 15.2 Å². The molecule has 33 heavy (non-hydrogen) atoms. The highest BCUT2D eigenvalue weighted by Gasteiger charge is 2.15. The van der Waals surface area contributed by atoms with Crippen molar-refractivity contribution in [2.24, 2.45) is 0 Å². The van der Waals surface area contributed by atoms with Gasteiger partial charge in [0.1, 0.15) is 5.82 Å². The number of rotatable bonds is 4. The second kappa shape index (κ2) is 8.40. The van der Waals surface area contributed by atoms with Crippen LogP contribution in [-0.4, -0.2) is 21.8 Å². The van der Waals surface area contributed by atoms with Crippen LogP contribution in [0.5, 0.6) is 0 Å². The highest BCUT2D eigenvalue weighted by molar-refractivity contribution is 7.22. The molecule has 2 heterocycles. The Hall–Kier alpha value is -4.17. The van der Waals surface area contributed by atoms with E-state index in [2.05, 4.69) is 20.6 Å². The molecular weight excluding hydrogens is 439 g/mol. The fraction of sp³-hybridized carbons (Fsp3) is 0.0400. The second-order valence-corrected chi connectivity index (χ2v) is 8.45. The van der Waals surface area contributed by atoms with Crippen LogP contribution in [0, 0.1) is 5.82 Å². The Kier molecular flexibility index (Phi) is 5.27. The summed E-state index contributed by atoms with van der Waals surface area (Å²) in [6.07, 6.45) is 0. The minimum absolute atomic E-state index is 0.191. The maximum absolute atomic E-state index is 13.4. The summed E-state index contributed by atoms with van der Waals surface area (Å²) in [6.45, 7) is 1.43. The molecule has 0 aliphatic heterocycles. The van der Waals surface area contributed by atoms with Crippen molar-refractivity contribution in [1.29, 1.82) is 0 Å². The normalized spacial score (nSPS) is 11.0. The summed E-state index contributed by atoms with van der Waals surface area (Å²) < 4.78 is 14.3. The van der Waals surface area contributed by atoms with Gasteiger partial charge in [-0.2, -0.15) is 0 Å². The van der Waals surface area contributed by atoms with Crippen molar-refractivity contribution in [3.8, 4) is 11.3 Å². The number of nitrogens with zero attached hydrogens (tertiary/aromatic N) is 2. The molecule has 0 unspecified atom stereocenters. The predicted octanol–water partition coefficient (Wildman–Crippen LogP) is 5.86. The van der Waals surface area contributed by atoms with Crippen LogP contribution in [0.25, 0.3) is 32.4 Å². The van der Waals surface area contributed by atoms with Gasteiger partial charge in [-0.05, 0) is 54.6 Å². The largest absolute Gasteiger partial charge is 0.322 e. The molecule has 0 saturated heterocycles. The molecule has 2 N–H and O–H groups in total. The third kappa shape index (κ3) is 4.28. The van der Waals surface area contributed by atoms with E-state index in [1.807, 2.05) is 30.3 Å². The molecule has 0 spiro atoms. The van der Waals surface area contributed by atoms with E-state index >= 15 is 0 Å². The number of benzene rings is 3. The Morgan fingerprint density at radius 3 is 2.45 bits per heavy atom. The summed E-state index contributed by atoms with van der Waals surface area (Å²) in [5.74, 6) is -0.825. The lowest BCUT2D eigenvalue weighted by molar-refractivity contribution is -0.114. The number of thiazole rings is 1. The van der Waals surface area contributed by atoms with Crippen LogP contribution in [0.1, 0.15) is 17.3 Å². The third-order valence-corrected chi connectivity index (χ3v) is 5.98. The summed E-state index contributed by atoms with van der Waals surface area (Å²) in [7, 11) is 0. The molecule has 0 saturated carbocycles. The molecule has 6 nitrogen and oxygen atoms in total. The van der Waals surface area contributed by atoms with E-state index in [0.29, 0.717) is 44.1 Å². The van der Waals surface area contributed by atoms with E-state index in [0.717, 1.165) is 4.70 Å². The second-order valence-electron chi connectivity index (χ2n) is 7.42. The lowest BCUT2D eigenvalue weighted by atomic mass is 10.0. The van der Waals surface area contributed by atoms with Gasteiger partial charge in [0.25, 0.3) is 5.91 Å². The minimum Gasteiger partial charge on any atom is -0.322 e. The number of carbonyl (C=O) groups excluding carboxylic acids is 2. The number of amides is 2. The van der Waals surface area contributed by atoms with Gasteiger partial charge in [0.15, 0.2) is 5.13 Å². The maximum Gasteiger partial charge on any atom is 0.256 e. The number of halogens is 1. The zero-order valence-electron chi connectivity index (χ0n) is 17.4. The van der Waals surface area contributed by atoms with E-state index in [9.17, 15) is 14.0 Å². The zero-order chi connectivity index (χ0) is 22.9. The van der Waals surface area contributed by atoms with Crippen molar-refractivity contribution in [2.45, 2.75) is 6.92 Å². The summed E-state index contributed by atoms with van der Waals surface area (Å²) in [6, 6.07) is 20.5. The standard InChI is InChI=1S/C25H17FN4O2S/c1-14(31)27-25-30-22-12-17(10-11-23(22)33-25)28-24(32)19-13-21(15-6-8-16(26)9-7-15)29-20-5-3-2-4-18(19)20/h2-13H,1H3,(H,28,32)(H,27,30,31). The average molecular weight is 457 g/mol. The zero-order valence-corrected chi connectivity index (χ0v) is 18.2. The van der Waals surface area contributed by atoms with Crippen molar-refractivity contribution in [2.75, 3.05) is 10.6 Å². The van der Waals surface area contributed by atoms with E-state index in [1.54, 1.807) is 30.3 Å². The van der Waals surface area contributed by atoms with Crippen LogP contribution in [0.15, 0.2) is 72.8 Å².